The fourth-order valence-electron chi connectivity index (χ4n) is 3.76. The number of aliphatic hydroxyl groups is 2. The second-order valence-corrected chi connectivity index (χ2v) is 8.03. The monoisotopic (exact) mass is 434 g/mol. The van der Waals surface area contributed by atoms with Gasteiger partial charge in [0.25, 0.3) is 5.69 Å². The lowest BCUT2D eigenvalue weighted by Gasteiger charge is -2.28. The smallest absolute Gasteiger partial charge is 0.352 e. The van der Waals surface area contributed by atoms with Crippen LogP contribution in [0.5, 0.6) is 5.75 Å². The molecule has 2 heterocycles. The van der Waals surface area contributed by atoms with Gasteiger partial charge in [-0.25, -0.2) is 4.79 Å². The van der Waals surface area contributed by atoms with Gasteiger partial charge in [-0.2, -0.15) is 4.98 Å². The molecule has 4 N–H and O–H groups in total. The molecule has 0 radical (unpaired) electrons. The summed E-state index contributed by atoms with van der Waals surface area (Å²) in [6, 6.07) is 6.23. The number of anilines is 1. The van der Waals surface area contributed by atoms with Crippen LogP contribution in [0.25, 0.3) is 0 Å². The molecule has 31 heavy (non-hydrogen) atoms. The summed E-state index contributed by atoms with van der Waals surface area (Å²) >= 11 is 0. The highest BCUT2D eigenvalue weighted by atomic mass is 16.6. The Hall–Kier alpha value is -3.02. The number of nitro groups is 1. The van der Waals surface area contributed by atoms with Crippen LogP contribution in [0, 0.1) is 16.0 Å². The number of nitrogen functional groups attached to an aromatic ring is 1. The maximum Gasteiger partial charge on any atom is 0.352 e. The molecule has 11 nitrogen and oxygen atoms in total. The van der Waals surface area contributed by atoms with Crippen LogP contribution in [0.4, 0.5) is 11.5 Å². The van der Waals surface area contributed by atoms with E-state index < -0.39 is 41.3 Å². The number of ether oxygens (including phenoxy) is 2. The Bertz CT molecular complexity index is 1020. The molecule has 1 saturated heterocycles. The lowest BCUT2D eigenvalue weighted by Crippen LogP contribution is -2.40. The van der Waals surface area contributed by atoms with Crippen LogP contribution < -0.4 is 16.2 Å². The van der Waals surface area contributed by atoms with Crippen LogP contribution in [-0.4, -0.2) is 43.5 Å². The van der Waals surface area contributed by atoms with Gasteiger partial charge in [-0.3, -0.25) is 14.7 Å². The van der Waals surface area contributed by atoms with Crippen LogP contribution >= 0.6 is 0 Å². The van der Waals surface area contributed by atoms with Gasteiger partial charge in [0.15, 0.2) is 11.6 Å². The first-order chi connectivity index (χ1) is 14.6. The van der Waals surface area contributed by atoms with Gasteiger partial charge < -0.3 is 25.4 Å². The molecule has 0 aliphatic carbocycles. The van der Waals surface area contributed by atoms with E-state index in [1.54, 1.807) is 25.1 Å². The van der Waals surface area contributed by atoms with Crippen molar-refractivity contribution in [3.8, 4) is 5.75 Å². The minimum atomic E-state index is -1.28. The topological polar surface area (TPSA) is 163 Å². The van der Waals surface area contributed by atoms with E-state index in [0.717, 1.165) is 4.57 Å². The standard InChI is InChI=1S/C20H26N4O7/c1-11(2)17(12-6-4-5-7-13(12)24(28)29)30-15-9-23(19(27)22-18(15)21)20(3)8-14(26)16(10-25)31-20/h4-7,9,11,14,16-17,25-26H,8,10H2,1-3H3,(H2,21,22,27)/t14-,16+,17-,20+/m0/s1. The van der Waals surface area contributed by atoms with E-state index in [1.807, 2.05) is 13.8 Å². The molecule has 1 aromatic carbocycles. The molecular formula is C20H26N4O7. The van der Waals surface area contributed by atoms with Gasteiger partial charge >= 0.3 is 5.69 Å². The van der Waals surface area contributed by atoms with Crippen molar-refractivity contribution in [1.82, 2.24) is 9.55 Å². The Morgan fingerprint density at radius 1 is 1.45 bits per heavy atom. The van der Waals surface area contributed by atoms with Crippen molar-refractivity contribution in [2.45, 2.75) is 51.2 Å². The number of hydrogen-bond donors (Lipinski definition) is 3. The maximum atomic E-state index is 12.5. The minimum Gasteiger partial charge on any atom is -0.480 e. The molecule has 168 valence electrons. The van der Waals surface area contributed by atoms with E-state index in [4.69, 9.17) is 15.2 Å². The van der Waals surface area contributed by atoms with Crippen LogP contribution in [0.2, 0.25) is 0 Å². The van der Waals surface area contributed by atoms with Gasteiger partial charge in [-0.15, -0.1) is 0 Å². The van der Waals surface area contributed by atoms with Gasteiger partial charge in [0.05, 0.1) is 29.4 Å². The third-order valence-corrected chi connectivity index (χ3v) is 5.33. The van der Waals surface area contributed by atoms with E-state index >= 15 is 0 Å². The van der Waals surface area contributed by atoms with Crippen LogP contribution in [0.3, 0.4) is 0 Å². The number of nitrogens with two attached hydrogens (primary N) is 1. The van der Waals surface area contributed by atoms with Gasteiger partial charge in [-0.05, 0) is 18.9 Å². The number of nitro benzene ring substituents is 1. The number of rotatable bonds is 7. The van der Waals surface area contributed by atoms with E-state index in [2.05, 4.69) is 4.98 Å². The zero-order valence-electron chi connectivity index (χ0n) is 17.5. The van der Waals surface area contributed by atoms with E-state index in [1.165, 1.54) is 12.3 Å². The van der Waals surface area contributed by atoms with E-state index in [9.17, 15) is 25.1 Å². The van der Waals surface area contributed by atoms with Gasteiger partial charge in [-0.1, -0.05) is 26.0 Å². The van der Waals surface area contributed by atoms with Crippen molar-refractivity contribution in [3.05, 3.63) is 56.6 Å². The normalized spacial score (nSPS) is 24.3. The number of aliphatic hydroxyl groups excluding tert-OH is 2. The second-order valence-electron chi connectivity index (χ2n) is 8.03. The summed E-state index contributed by atoms with van der Waals surface area (Å²) < 4.78 is 12.9. The van der Waals surface area contributed by atoms with Gasteiger partial charge in [0.2, 0.25) is 0 Å². The Kier molecular flexibility index (Phi) is 6.30. The van der Waals surface area contributed by atoms with Crippen LogP contribution in [0.15, 0.2) is 35.3 Å². The molecule has 1 aliphatic rings. The molecule has 1 aromatic heterocycles. The zero-order valence-corrected chi connectivity index (χ0v) is 17.5. The molecule has 0 spiro atoms. The fraction of sp³-hybridized carbons (Fsp3) is 0.500. The van der Waals surface area contributed by atoms with Crippen molar-refractivity contribution in [1.29, 1.82) is 0 Å². The highest BCUT2D eigenvalue weighted by Crippen LogP contribution is 2.37. The molecular weight excluding hydrogens is 408 g/mol. The summed E-state index contributed by atoms with van der Waals surface area (Å²) in [5.74, 6) is -0.311. The number of benzene rings is 1. The van der Waals surface area contributed by atoms with Crippen LogP contribution in [-0.2, 0) is 10.5 Å². The first-order valence-corrected chi connectivity index (χ1v) is 9.83. The van der Waals surface area contributed by atoms with Crippen molar-refractivity contribution >= 4 is 11.5 Å². The van der Waals surface area contributed by atoms with E-state index in [-0.39, 0.29) is 29.6 Å². The summed E-state index contributed by atoms with van der Waals surface area (Å²) in [5, 5.41) is 31.0. The largest absolute Gasteiger partial charge is 0.480 e. The third kappa shape index (κ3) is 4.38. The Labute approximate surface area is 178 Å². The molecule has 2 aromatic rings. The molecule has 0 saturated carbocycles. The summed E-state index contributed by atoms with van der Waals surface area (Å²) in [6.07, 6.45) is -1.21. The van der Waals surface area contributed by atoms with Crippen molar-refractivity contribution < 1.29 is 24.6 Å². The zero-order chi connectivity index (χ0) is 22.9. The quantitative estimate of drug-likeness (QED) is 0.431. The summed E-state index contributed by atoms with van der Waals surface area (Å²) in [5.41, 5.74) is 4.19. The lowest BCUT2D eigenvalue weighted by molar-refractivity contribution is -0.386. The summed E-state index contributed by atoms with van der Waals surface area (Å²) in [6.45, 7) is 4.84. The van der Waals surface area contributed by atoms with Crippen molar-refractivity contribution in [3.63, 3.8) is 0 Å². The predicted octanol–water partition coefficient (Wildman–Crippen LogP) is 1.32. The van der Waals surface area contributed by atoms with Gasteiger partial charge in [0, 0.05) is 12.5 Å². The number of hydrogen-bond acceptors (Lipinski definition) is 9. The fourth-order valence-corrected chi connectivity index (χ4v) is 3.76. The molecule has 0 unspecified atom stereocenters. The number of aromatic nitrogens is 2. The summed E-state index contributed by atoms with van der Waals surface area (Å²) in [7, 11) is 0. The second kappa shape index (κ2) is 8.61. The van der Waals surface area contributed by atoms with Gasteiger partial charge in [0.1, 0.15) is 17.9 Å². The molecule has 1 fully saturated rings. The molecule has 11 heteroatoms. The number of para-hydroxylation sites is 1. The highest BCUT2D eigenvalue weighted by Gasteiger charge is 2.44. The Morgan fingerprint density at radius 2 is 2.13 bits per heavy atom. The molecule has 0 amide bonds. The molecule has 0 bridgehead atoms. The first-order valence-electron chi connectivity index (χ1n) is 9.83. The SMILES string of the molecule is CC(C)[C@H](Oc1cn([C@@]2(C)C[C@H](O)[C@@H](CO)O2)c(=O)nc1N)c1ccccc1[N+](=O)[O-]. The number of nitrogens with zero attached hydrogens (tertiary/aromatic N) is 3. The maximum absolute atomic E-state index is 12.5. The third-order valence-electron chi connectivity index (χ3n) is 5.33. The average molecular weight is 434 g/mol. The highest BCUT2D eigenvalue weighted by molar-refractivity contribution is 5.46. The molecule has 4 atom stereocenters. The van der Waals surface area contributed by atoms with E-state index in [0.29, 0.717) is 5.56 Å². The van der Waals surface area contributed by atoms with Crippen molar-refractivity contribution in [2.24, 2.45) is 5.92 Å². The minimum absolute atomic E-state index is 0.0426. The average Bonchev–Trinajstić information content (AvgIpc) is 3.01. The van der Waals surface area contributed by atoms with Crippen LogP contribution in [0.1, 0.15) is 38.9 Å². The Morgan fingerprint density at radius 3 is 2.71 bits per heavy atom. The molecule has 1 aliphatic heterocycles. The van der Waals surface area contributed by atoms with Crippen molar-refractivity contribution in [2.75, 3.05) is 12.3 Å². The lowest BCUT2D eigenvalue weighted by atomic mass is 9.97. The Balaban J connectivity index is 2.03. The first kappa shape index (κ1) is 22.7. The molecule has 3 rings (SSSR count). The predicted molar refractivity (Wildman–Crippen MR) is 110 cm³/mol. The summed E-state index contributed by atoms with van der Waals surface area (Å²) in [4.78, 5) is 27.3.